The predicted molar refractivity (Wildman–Crippen MR) is 98.7 cm³/mol. The quantitative estimate of drug-likeness (QED) is 0.682. The molecule has 0 fully saturated rings. The standard InChI is InChI=1S/C16H17N11/c1-10-12(14(26(3)4)23-15(18-2)22-10)24-25-13-11(8-17)9-21-27(13)16-19-6-5-7-20-16/h5-7,9H,1-4H3,(H,18,22,23)/b25-24+. The van der Waals surface area contributed by atoms with Crippen LogP contribution in [0.3, 0.4) is 0 Å². The topological polar surface area (TPSA) is 133 Å². The van der Waals surface area contributed by atoms with Gasteiger partial charge in [-0.05, 0) is 13.0 Å². The Kier molecular flexibility index (Phi) is 4.98. The van der Waals surface area contributed by atoms with E-state index in [1.165, 1.54) is 10.9 Å². The van der Waals surface area contributed by atoms with Crippen molar-refractivity contribution in [2.24, 2.45) is 10.2 Å². The average Bonchev–Trinajstić information content (AvgIpc) is 3.09. The van der Waals surface area contributed by atoms with Crippen molar-refractivity contribution in [1.29, 1.82) is 5.26 Å². The van der Waals surface area contributed by atoms with Crippen LogP contribution in [-0.4, -0.2) is 50.9 Å². The number of aromatic nitrogens is 6. The van der Waals surface area contributed by atoms with Crippen molar-refractivity contribution in [3.8, 4) is 12.0 Å². The first kappa shape index (κ1) is 17.9. The Bertz CT molecular complexity index is 1010. The molecule has 0 saturated carbocycles. The van der Waals surface area contributed by atoms with Gasteiger partial charge in [0.2, 0.25) is 5.95 Å². The van der Waals surface area contributed by atoms with Crippen LogP contribution in [0.2, 0.25) is 0 Å². The normalized spacial score (nSPS) is 10.8. The summed E-state index contributed by atoms with van der Waals surface area (Å²) in [6.07, 6.45) is 4.55. The molecule has 0 bridgehead atoms. The van der Waals surface area contributed by atoms with Crippen molar-refractivity contribution >= 4 is 23.3 Å². The van der Waals surface area contributed by atoms with Gasteiger partial charge in [-0.1, -0.05) is 0 Å². The number of nitriles is 1. The maximum atomic E-state index is 9.35. The van der Waals surface area contributed by atoms with Crippen LogP contribution in [0.1, 0.15) is 11.3 Å². The molecule has 0 amide bonds. The van der Waals surface area contributed by atoms with Crippen molar-refractivity contribution in [3.05, 3.63) is 35.9 Å². The molecule has 11 nitrogen and oxygen atoms in total. The Labute approximate surface area is 155 Å². The summed E-state index contributed by atoms with van der Waals surface area (Å²) in [5.74, 6) is 1.59. The van der Waals surface area contributed by atoms with E-state index in [0.29, 0.717) is 29.1 Å². The lowest BCUT2D eigenvalue weighted by Crippen LogP contribution is -2.13. The molecule has 0 atom stereocenters. The van der Waals surface area contributed by atoms with Crippen molar-refractivity contribution in [2.45, 2.75) is 6.92 Å². The summed E-state index contributed by atoms with van der Waals surface area (Å²) in [5.41, 5.74) is 1.38. The van der Waals surface area contributed by atoms with Crippen LogP contribution in [0.5, 0.6) is 0 Å². The second-order valence-electron chi connectivity index (χ2n) is 5.60. The number of nitrogens with zero attached hydrogens (tertiary/aromatic N) is 10. The fourth-order valence-corrected chi connectivity index (χ4v) is 2.25. The van der Waals surface area contributed by atoms with Gasteiger partial charge in [0.25, 0.3) is 5.95 Å². The number of hydrogen-bond donors (Lipinski definition) is 1. The van der Waals surface area contributed by atoms with Crippen LogP contribution < -0.4 is 10.2 Å². The molecule has 0 saturated heterocycles. The Morgan fingerprint density at radius 3 is 2.56 bits per heavy atom. The van der Waals surface area contributed by atoms with Gasteiger partial charge >= 0.3 is 0 Å². The van der Waals surface area contributed by atoms with E-state index in [-0.39, 0.29) is 11.4 Å². The first-order valence-electron chi connectivity index (χ1n) is 7.96. The first-order chi connectivity index (χ1) is 13.0. The molecular formula is C16H17N11. The van der Waals surface area contributed by atoms with Crippen molar-refractivity contribution in [1.82, 2.24) is 29.7 Å². The highest BCUT2D eigenvalue weighted by Crippen LogP contribution is 2.32. The molecule has 27 heavy (non-hydrogen) atoms. The van der Waals surface area contributed by atoms with Crippen molar-refractivity contribution in [2.75, 3.05) is 31.4 Å². The molecule has 3 heterocycles. The smallest absolute Gasteiger partial charge is 0.252 e. The lowest BCUT2D eigenvalue weighted by atomic mass is 10.3. The molecule has 0 unspecified atom stereocenters. The molecule has 1 N–H and O–H groups in total. The van der Waals surface area contributed by atoms with E-state index in [0.717, 1.165) is 0 Å². The van der Waals surface area contributed by atoms with Gasteiger partial charge in [-0.25, -0.2) is 15.0 Å². The summed E-state index contributed by atoms with van der Waals surface area (Å²) in [5, 5.41) is 25.0. The number of hydrogen-bond acceptors (Lipinski definition) is 10. The van der Waals surface area contributed by atoms with Gasteiger partial charge in [0, 0.05) is 33.5 Å². The van der Waals surface area contributed by atoms with Gasteiger partial charge in [-0.2, -0.15) is 20.0 Å². The highest BCUT2D eigenvalue weighted by molar-refractivity contribution is 5.65. The minimum Gasteiger partial charge on any atom is -0.361 e. The van der Waals surface area contributed by atoms with Gasteiger partial charge in [0.1, 0.15) is 17.3 Å². The molecule has 0 aliphatic carbocycles. The minimum absolute atomic E-state index is 0.227. The third kappa shape index (κ3) is 3.54. The number of rotatable bonds is 5. The zero-order valence-electron chi connectivity index (χ0n) is 15.3. The lowest BCUT2D eigenvalue weighted by molar-refractivity contribution is 0.802. The van der Waals surface area contributed by atoms with Gasteiger partial charge in [-0.15, -0.1) is 10.2 Å². The van der Waals surface area contributed by atoms with Crippen molar-refractivity contribution < 1.29 is 0 Å². The van der Waals surface area contributed by atoms with E-state index in [4.69, 9.17) is 0 Å². The summed E-state index contributed by atoms with van der Waals surface area (Å²) < 4.78 is 1.36. The third-order valence-corrected chi connectivity index (χ3v) is 3.54. The molecule has 11 heteroatoms. The summed E-state index contributed by atoms with van der Waals surface area (Å²) in [7, 11) is 5.44. The molecule has 0 aliphatic heterocycles. The molecule has 0 aromatic carbocycles. The van der Waals surface area contributed by atoms with E-state index in [1.807, 2.05) is 32.0 Å². The zero-order chi connectivity index (χ0) is 19.4. The van der Waals surface area contributed by atoms with Crippen LogP contribution in [0.15, 0.2) is 34.9 Å². The van der Waals surface area contributed by atoms with Crippen LogP contribution in [0, 0.1) is 18.3 Å². The van der Waals surface area contributed by atoms with E-state index >= 15 is 0 Å². The minimum atomic E-state index is 0.227. The average molecular weight is 363 g/mol. The highest BCUT2D eigenvalue weighted by atomic mass is 15.4. The van der Waals surface area contributed by atoms with Crippen LogP contribution in [0.4, 0.5) is 23.3 Å². The van der Waals surface area contributed by atoms with Crippen LogP contribution in [-0.2, 0) is 0 Å². The Balaban J connectivity index is 2.10. The van der Waals surface area contributed by atoms with Crippen LogP contribution >= 0.6 is 0 Å². The van der Waals surface area contributed by atoms with E-state index < -0.39 is 0 Å². The molecule has 3 rings (SSSR count). The fourth-order valence-electron chi connectivity index (χ4n) is 2.25. The summed E-state index contributed by atoms with van der Waals surface area (Å²) >= 11 is 0. The lowest BCUT2D eigenvalue weighted by Gasteiger charge is -2.15. The Hall–Kier alpha value is -3.94. The van der Waals surface area contributed by atoms with Gasteiger partial charge < -0.3 is 10.2 Å². The number of aryl methyl sites for hydroxylation is 1. The molecule has 0 aliphatic rings. The summed E-state index contributed by atoms with van der Waals surface area (Å²) in [4.78, 5) is 18.8. The van der Waals surface area contributed by atoms with Crippen molar-refractivity contribution in [3.63, 3.8) is 0 Å². The van der Waals surface area contributed by atoms with Gasteiger partial charge in [0.15, 0.2) is 11.6 Å². The SMILES string of the molecule is CNc1nc(C)c(/N=N/c2c(C#N)cnn2-c2ncccn2)c(N(C)C)n1. The van der Waals surface area contributed by atoms with E-state index in [1.54, 1.807) is 25.5 Å². The van der Waals surface area contributed by atoms with Gasteiger partial charge in [-0.3, -0.25) is 0 Å². The molecular weight excluding hydrogens is 346 g/mol. The van der Waals surface area contributed by atoms with E-state index in [2.05, 4.69) is 40.6 Å². The molecule has 136 valence electrons. The first-order valence-corrected chi connectivity index (χ1v) is 7.96. The monoisotopic (exact) mass is 363 g/mol. The summed E-state index contributed by atoms with van der Waals surface area (Å²) in [6.45, 7) is 1.81. The Morgan fingerprint density at radius 1 is 1.19 bits per heavy atom. The maximum Gasteiger partial charge on any atom is 0.252 e. The molecule has 3 aromatic heterocycles. The van der Waals surface area contributed by atoms with Gasteiger partial charge in [0.05, 0.1) is 11.9 Å². The largest absolute Gasteiger partial charge is 0.361 e. The second-order valence-corrected chi connectivity index (χ2v) is 5.60. The number of azo groups is 1. The predicted octanol–water partition coefficient (Wildman–Crippen LogP) is 2.16. The number of nitrogens with one attached hydrogen (secondary N) is 1. The second kappa shape index (κ2) is 7.52. The number of anilines is 2. The zero-order valence-corrected chi connectivity index (χ0v) is 15.3. The fraction of sp³-hybridized carbons (Fsp3) is 0.250. The maximum absolute atomic E-state index is 9.35. The molecule has 0 radical (unpaired) electrons. The highest BCUT2D eigenvalue weighted by Gasteiger charge is 2.16. The summed E-state index contributed by atoms with van der Waals surface area (Å²) in [6, 6.07) is 3.74. The molecule has 3 aromatic rings. The van der Waals surface area contributed by atoms with Crippen LogP contribution in [0.25, 0.3) is 5.95 Å². The molecule has 0 spiro atoms. The van der Waals surface area contributed by atoms with E-state index in [9.17, 15) is 5.26 Å². The third-order valence-electron chi connectivity index (χ3n) is 3.54. The Morgan fingerprint density at radius 2 is 1.93 bits per heavy atom.